The number of esters is 2. The van der Waals surface area contributed by atoms with Crippen LogP contribution in [0.3, 0.4) is 0 Å². The van der Waals surface area contributed by atoms with Gasteiger partial charge >= 0.3 is 11.9 Å². The summed E-state index contributed by atoms with van der Waals surface area (Å²) in [6.07, 6.45) is 8.47. The van der Waals surface area contributed by atoms with Crippen LogP contribution in [0, 0.1) is 0 Å². The van der Waals surface area contributed by atoms with Gasteiger partial charge in [0.05, 0.1) is 12.2 Å². The van der Waals surface area contributed by atoms with Crippen molar-refractivity contribution in [3.05, 3.63) is 54.1 Å². The van der Waals surface area contributed by atoms with Crippen molar-refractivity contribution < 1.29 is 23.8 Å². The standard InChI is InChI=1S/C30H42O5/c1-5-7-8-9-10-11-21-33-28-19-17-26(18-20-28)25-13-15-27(16-14-25)30(32)35-24(4)22-23(3)34-29(31)12-6-2/h13-20,23-24H,5-12,21-22H2,1-4H3/t23-,24-/m0/s1. The van der Waals surface area contributed by atoms with Gasteiger partial charge in [-0.05, 0) is 62.1 Å². The summed E-state index contributed by atoms with van der Waals surface area (Å²) in [6.45, 7) is 8.55. The fraction of sp³-hybridized carbons (Fsp3) is 0.533. The first kappa shape index (κ1) is 28.4. The van der Waals surface area contributed by atoms with Gasteiger partial charge in [0.15, 0.2) is 0 Å². The van der Waals surface area contributed by atoms with E-state index >= 15 is 0 Å². The lowest BCUT2D eigenvalue weighted by Crippen LogP contribution is -2.23. The van der Waals surface area contributed by atoms with Crippen LogP contribution in [0.4, 0.5) is 0 Å². The molecule has 0 aliphatic carbocycles. The molecule has 0 N–H and O–H groups in total. The molecule has 5 nitrogen and oxygen atoms in total. The Morgan fingerprint density at radius 1 is 0.714 bits per heavy atom. The second kappa shape index (κ2) is 16.0. The highest BCUT2D eigenvalue weighted by atomic mass is 16.6. The SMILES string of the molecule is CCCCCCCCOc1ccc(-c2ccc(C(=O)O[C@@H](C)C[C@H](C)OC(=O)CCC)cc2)cc1. The molecule has 5 heteroatoms. The summed E-state index contributed by atoms with van der Waals surface area (Å²) in [5.74, 6) is 0.284. The Hall–Kier alpha value is -2.82. The molecule has 0 aromatic heterocycles. The highest BCUT2D eigenvalue weighted by Crippen LogP contribution is 2.23. The minimum Gasteiger partial charge on any atom is -0.494 e. The number of ether oxygens (including phenoxy) is 3. The van der Waals surface area contributed by atoms with E-state index in [9.17, 15) is 9.59 Å². The molecule has 0 saturated carbocycles. The van der Waals surface area contributed by atoms with Gasteiger partial charge in [0.1, 0.15) is 18.0 Å². The Morgan fingerprint density at radius 3 is 1.91 bits per heavy atom. The van der Waals surface area contributed by atoms with Crippen LogP contribution >= 0.6 is 0 Å². The van der Waals surface area contributed by atoms with Crippen LogP contribution in [0.1, 0.15) is 95.8 Å². The summed E-state index contributed by atoms with van der Waals surface area (Å²) in [5.41, 5.74) is 2.58. The fourth-order valence-corrected chi connectivity index (χ4v) is 3.92. The minimum atomic E-state index is -0.380. The third-order valence-corrected chi connectivity index (χ3v) is 5.83. The molecule has 0 spiro atoms. The van der Waals surface area contributed by atoms with Crippen molar-refractivity contribution in [3.8, 4) is 16.9 Å². The Balaban J connectivity index is 1.78. The lowest BCUT2D eigenvalue weighted by molar-refractivity contribution is -0.149. The Bertz CT molecular complexity index is 873. The second-order valence-corrected chi connectivity index (χ2v) is 9.22. The molecule has 0 saturated heterocycles. The number of unbranched alkanes of at least 4 members (excludes halogenated alkanes) is 5. The zero-order chi connectivity index (χ0) is 25.5. The Labute approximate surface area is 211 Å². The second-order valence-electron chi connectivity index (χ2n) is 9.22. The van der Waals surface area contributed by atoms with E-state index in [1.54, 1.807) is 12.1 Å². The molecule has 2 aromatic carbocycles. The first-order chi connectivity index (χ1) is 16.9. The van der Waals surface area contributed by atoms with Crippen molar-refractivity contribution in [1.82, 2.24) is 0 Å². The number of hydrogen-bond donors (Lipinski definition) is 0. The Morgan fingerprint density at radius 2 is 1.29 bits per heavy atom. The maximum atomic E-state index is 12.5. The predicted octanol–water partition coefficient (Wildman–Crippen LogP) is 7.76. The van der Waals surface area contributed by atoms with E-state index in [0.29, 0.717) is 18.4 Å². The van der Waals surface area contributed by atoms with Crippen LogP contribution in [0.15, 0.2) is 48.5 Å². The summed E-state index contributed by atoms with van der Waals surface area (Å²) in [7, 11) is 0. The van der Waals surface area contributed by atoms with E-state index in [4.69, 9.17) is 14.2 Å². The first-order valence-electron chi connectivity index (χ1n) is 13.2. The van der Waals surface area contributed by atoms with Gasteiger partial charge in [-0.3, -0.25) is 4.79 Å². The van der Waals surface area contributed by atoms with Gasteiger partial charge in [0.25, 0.3) is 0 Å². The lowest BCUT2D eigenvalue weighted by atomic mass is 10.0. The molecule has 2 rings (SSSR count). The quantitative estimate of drug-likeness (QED) is 0.181. The largest absolute Gasteiger partial charge is 0.494 e. The van der Waals surface area contributed by atoms with E-state index in [1.807, 2.05) is 57.2 Å². The maximum Gasteiger partial charge on any atom is 0.338 e. The maximum absolute atomic E-state index is 12.5. The van der Waals surface area contributed by atoms with Crippen LogP contribution in [-0.4, -0.2) is 30.8 Å². The predicted molar refractivity (Wildman–Crippen MR) is 141 cm³/mol. The number of carbonyl (C=O) groups excluding carboxylic acids is 2. The van der Waals surface area contributed by atoms with E-state index in [1.165, 1.54) is 32.1 Å². The molecule has 35 heavy (non-hydrogen) atoms. The number of carbonyl (C=O) groups is 2. The lowest BCUT2D eigenvalue weighted by Gasteiger charge is -2.18. The number of rotatable bonds is 16. The number of benzene rings is 2. The molecule has 0 unspecified atom stereocenters. The van der Waals surface area contributed by atoms with Crippen molar-refractivity contribution in [1.29, 1.82) is 0 Å². The van der Waals surface area contributed by atoms with Gasteiger partial charge in [-0.2, -0.15) is 0 Å². The van der Waals surface area contributed by atoms with Crippen LogP contribution in [0.5, 0.6) is 5.75 Å². The normalized spacial score (nSPS) is 12.6. The molecular weight excluding hydrogens is 440 g/mol. The molecule has 0 heterocycles. The summed E-state index contributed by atoms with van der Waals surface area (Å²) in [5, 5.41) is 0. The van der Waals surface area contributed by atoms with E-state index in [0.717, 1.165) is 36.3 Å². The van der Waals surface area contributed by atoms with Crippen LogP contribution in [0.25, 0.3) is 11.1 Å². The van der Waals surface area contributed by atoms with Crippen molar-refractivity contribution in [2.45, 2.75) is 97.7 Å². The van der Waals surface area contributed by atoms with Gasteiger partial charge in [0.2, 0.25) is 0 Å². The summed E-state index contributed by atoms with van der Waals surface area (Å²) < 4.78 is 16.7. The molecule has 2 aromatic rings. The highest BCUT2D eigenvalue weighted by Gasteiger charge is 2.17. The van der Waals surface area contributed by atoms with E-state index in [-0.39, 0.29) is 24.1 Å². The molecule has 0 radical (unpaired) electrons. The van der Waals surface area contributed by atoms with Gasteiger partial charge < -0.3 is 14.2 Å². The van der Waals surface area contributed by atoms with Gasteiger partial charge in [-0.15, -0.1) is 0 Å². The average Bonchev–Trinajstić information content (AvgIpc) is 2.84. The third-order valence-electron chi connectivity index (χ3n) is 5.83. The van der Waals surface area contributed by atoms with Crippen molar-refractivity contribution in [3.63, 3.8) is 0 Å². The van der Waals surface area contributed by atoms with Crippen LogP contribution in [0.2, 0.25) is 0 Å². The monoisotopic (exact) mass is 482 g/mol. The fourth-order valence-electron chi connectivity index (χ4n) is 3.92. The summed E-state index contributed by atoms with van der Waals surface area (Å²) in [4.78, 5) is 24.1. The third kappa shape index (κ3) is 11.0. The van der Waals surface area contributed by atoms with E-state index < -0.39 is 0 Å². The topological polar surface area (TPSA) is 61.8 Å². The molecule has 0 amide bonds. The van der Waals surface area contributed by atoms with E-state index in [2.05, 4.69) is 6.92 Å². The molecule has 2 atom stereocenters. The molecule has 0 aliphatic heterocycles. The highest BCUT2D eigenvalue weighted by molar-refractivity contribution is 5.90. The van der Waals surface area contributed by atoms with Crippen LogP contribution < -0.4 is 4.74 Å². The first-order valence-corrected chi connectivity index (χ1v) is 13.2. The molecule has 0 bridgehead atoms. The van der Waals surface area contributed by atoms with Gasteiger partial charge in [-0.1, -0.05) is 70.2 Å². The molecular formula is C30H42O5. The zero-order valence-corrected chi connectivity index (χ0v) is 21.9. The molecule has 0 fully saturated rings. The van der Waals surface area contributed by atoms with Gasteiger partial charge in [0, 0.05) is 12.8 Å². The van der Waals surface area contributed by atoms with Crippen molar-refractivity contribution >= 4 is 11.9 Å². The number of hydrogen-bond acceptors (Lipinski definition) is 5. The zero-order valence-electron chi connectivity index (χ0n) is 21.9. The van der Waals surface area contributed by atoms with Crippen LogP contribution in [-0.2, 0) is 14.3 Å². The minimum absolute atomic E-state index is 0.216. The van der Waals surface area contributed by atoms with Crippen molar-refractivity contribution in [2.75, 3.05) is 6.61 Å². The summed E-state index contributed by atoms with van der Waals surface area (Å²) in [6, 6.07) is 15.4. The van der Waals surface area contributed by atoms with Gasteiger partial charge in [-0.25, -0.2) is 4.79 Å². The molecule has 192 valence electrons. The average molecular weight is 483 g/mol. The summed E-state index contributed by atoms with van der Waals surface area (Å²) >= 11 is 0. The van der Waals surface area contributed by atoms with Crippen molar-refractivity contribution in [2.24, 2.45) is 0 Å². The molecule has 0 aliphatic rings. The smallest absolute Gasteiger partial charge is 0.338 e. The Kier molecular flexibility index (Phi) is 13.0.